The zero-order chi connectivity index (χ0) is 9.68. The molecule has 1 saturated heterocycles. The molecule has 0 saturated carbocycles. The smallest absolute Gasteiger partial charge is 0.170 e. The van der Waals surface area contributed by atoms with Crippen LogP contribution >= 0.6 is 12.2 Å². The van der Waals surface area contributed by atoms with E-state index >= 15 is 0 Å². The van der Waals surface area contributed by atoms with E-state index in [1.165, 1.54) is 0 Å². The molecule has 0 aliphatic carbocycles. The molecule has 1 aliphatic rings. The highest BCUT2D eigenvalue weighted by Crippen LogP contribution is 2.05. The number of nitrogens with one attached hydrogen (secondary N) is 1. The lowest BCUT2D eigenvalue weighted by molar-refractivity contribution is 0.0330. The number of rotatable bonds is 1. The first-order valence-corrected chi connectivity index (χ1v) is 4.72. The monoisotopic (exact) mass is 198 g/mol. The number of hydrogen-bond acceptors (Lipinski definition) is 2. The molecule has 0 aromatic carbocycles. The molecule has 0 bridgehead atoms. The van der Waals surface area contributed by atoms with Crippen LogP contribution in [0.25, 0.3) is 0 Å². The third kappa shape index (κ3) is 2.87. The molecule has 0 radical (unpaired) electrons. The molecule has 0 aromatic heterocycles. The number of morpholine rings is 1. The van der Waals surface area contributed by atoms with Crippen LogP contribution in [0.15, 0.2) is 0 Å². The van der Waals surface area contributed by atoms with E-state index in [0.717, 1.165) is 24.9 Å². The van der Waals surface area contributed by atoms with Crippen molar-refractivity contribution in [3.8, 4) is 12.3 Å². The van der Waals surface area contributed by atoms with Gasteiger partial charge in [-0.3, -0.25) is 0 Å². The Labute approximate surface area is 84.4 Å². The van der Waals surface area contributed by atoms with Gasteiger partial charge in [0, 0.05) is 6.54 Å². The topological polar surface area (TPSA) is 24.5 Å². The summed E-state index contributed by atoms with van der Waals surface area (Å²) in [5, 5.41) is 3.73. The van der Waals surface area contributed by atoms with Gasteiger partial charge in [-0.1, -0.05) is 5.92 Å². The van der Waals surface area contributed by atoms with Gasteiger partial charge in [0.2, 0.25) is 0 Å². The maximum atomic E-state index is 5.30. The van der Waals surface area contributed by atoms with Gasteiger partial charge in [-0.05, 0) is 19.1 Å². The van der Waals surface area contributed by atoms with Crippen LogP contribution in [0, 0.1) is 12.3 Å². The lowest BCUT2D eigenvalue weighted by Gasteiger charge is -2.35. The molecule has 1 heterocycles. The Bertz CT molecular complexity index is 224. The van der Waals surface area contributed by atoms with Crippen molar-refractivity contribution in [3.05, 3.63) is 0 Å². The molecule has 0 amide bonds. The zero-order valence-electron chi connectivity index (χ0n) is 7.75. The Hall–Kier alpha value is -0.790. The summed E-state index contributed by atoms with van der Waals surface area (Å²) in [7, 11) is 0. The van der Waals surface area contributed by atoms with Gasteiger partial charge in [0.1, 0.15) is 0 Å². The van der Waals surface area contributed by atoms with Crippen LogP contribution in [0.4, 0.5) is 0 Å². The minimum absolute atomic E-state index is 0.339. The van der Waals surface area contributed by atoms with Gasteiger partial charge < -0.3 is 15.0 Å². The number of thiocarbonyl (C=S) groups is 1. The van der Waals surface area contributed by atoms with Crippen LogP contribution in [-0.4, -0.2) is 42.4 Å². The van der Waals surface area contributed by atoms with Crippen LogP contribution in [0.5, 0.6) is 0 Å². The standard InChI is InChI=1S/C9H14N2OS/c1-3-4-10-9(13)11-5-6-12-7-8(11)2/h1,8H,4-7H2,2H3,(H,10,13). The van der Waals surface area contributed by atoms with Crippen LogP contribution < -0.4 is 5.32 Å². The van der Waals surface area contributed by atoms with E-state index in [4.69, 9.17) is 23.4 Å². The average molecular weight is 198 g/mol. The fourth-order valence-corrected chi connectivity index (χ4v) is 1.60. The van der Waals surface area contributed by atoms with E-state index in [1.54, 1.807) is 0 Å². The Balaban J connectivity index is 2.40. The first-order valence-electron chi connectivity index (χ1n) is 4.31. The highest BCUT2D eigenvalue weighted by atomic mass is 32.1. The van der Waals surface area contributed by atoms with Gasteiger partial charge in [-0.2, -0.15) is 0 Å². The SMILES string of the molecule is C#CCNC(=S)N1CCOCC1C. The van der Waals surface area contributed by atoms with E-state index in [0.29, 0.717) is 12.6 Å². The Morgan fingerprint density at radius 1 is 1.85 bits per heavy atom. The highest BCUT2D eigenvalue weighted by molar-refractivity contribution is 7.80. The molecule has 72 valence electrons. The van der Waals surface area contributed by atoms with Crippen LogP contribution in [-0.2, 0) is 4.74 Å². The fraction of sp³-hybridized carbons (Fsp3) is 0.667. The summed E-state index contributed by atoms with van der Waals surface area (Å²) in [6.07, 6.45) is 5.13. The molecule has 13 heavy (non-hydrogen) atoms. The van der Waals surface area contributed by atoms with Crippen molar-refractivity contribution in [2.45, 2.75) is 13.0 Å². The lowest BCUT2D eigenvalue weighted by atomic mass is 10.3. The van der Waals surface area contributed by atoms with Gasteiger partial charge >= 0.3 is 0 Å². The summed E-state index contributed by atoms with van der Waals surface area (Å²) in [6.45, 7) is 4.89. The Kier molecular flexibility index (Phi) is 4.00. The lowest BCUT2D eigenvalue weighted by Crippen LogP contribution is -2.51. The Morgan fingerprint density at radius 2 is 2.62 bits per heavy atom. The molecule has 1 unspecified atom stereocenters. The number of nitrogens with zero attached hydrogens (tertiary/aromatic N) is 1. The molecule has 0 aromatic rings. The fourth-order valence-electron chi connectivity index (χ4n) is 1.26. The van der Waals surface area contributed by atoms with E-state index < -0.39 is 0 Å². The van der Waals surface area contributed by atoms with Crippen molar-refractivity contribution >= 4 is 17.3 Å². The quantitative estimate of drug-likeness (QED) is 0.481. The molecular formula is C9H14N2OS. The van der Waals surface area contributed by atoms with Crippen molar-refractivity contribution in [1.29, 1.82) is 0 Å². The molecular weight excluding hydrogens is 184 g/mol. The maximum Gasteiger partial charge on any atom is 0.170 e. The van der Waals surface area contributed by atoms with E-state index in [-0.39, 0.29) is 0 Å². The van der Waals surface area contributed by atoms with Crippen molar-refractivity contribution in [2.24, 2.45) is 0 Å². The first-order chi connectivity index (χ1) is 6.25. The molecule has 4 heteroatoms. The second-order valence-electron chi connectivity index (χ2n) is 2.98. The number of terminal acetylenes is 1. The largest absolute Gasteiger partial charge is 0.377 e. The van der Waals surface area contributed by atoms with E-state index in [1.807, 2.05) is 0 Å². The second kappa shape index (κ2) is 5.05. The summed E-state index contributed by atoms with van der Waals surface area (Å²) in [4.78, 5) is 2.11. The highest BCUT2D eigenvalue weighted by Gasteiger charge is 2.20. The predicted molar refractivity (Wildman–Crippen MR) is 56.4 cm³/mol. The number of hydrogen-bond donors (Lipinski definition) is 1. The molecule has 3 nitrogen and oxygen atoms in total. The van der Waals surface area contributed by atoms with Crippen LogP contribution in [0.1, 0.15) is 6.92 Å². The minimum Gasteiger partial charge on any atom is -0.377 e. The normalized spacial score (nSPS) is 22.2. The maximum absolute atomic E-state index is 5.30. The van der Waals surface area contributed by atoms with E-state index in [9.17, 15) is 0 Å². The van der Waals surface area contributed by atoms with Crippen molar-refractivity contribution < 1.29 is 4.74 Å². The molecule has 1 atom stereocenters. The summed E-state index contributed by atoms with van der Waals surface area (Å²) in [5.41, 5.74) is 0. The van der Waals surface area contributed by atoms with Crippen molar-refractivity contribution in [1.82, 2.24) is 10.2 Å². The predicted octanol–water partition coefficient (Wildman–Crippen LogP) is 0.215. The summed E-state index contributed by atoms with van der Waals surface area (Å²) in [5.74, 6) is 2.50. The summed E-state index contributed by atoms with van der Waals surface area (Å²) in [6, 6.07) is 0.339. The first kappa shape index (κ1) is 10.3. The van der Waals surface area contributed by atoms with Crippen LogP contribution in [0.2, 0.25) is 0 Å². The average Bonchev–Trinajstić information content (AvgIpc) is 2.15. The number of ether oxygens (including phenoxy) is 1. The van der Waals surface area contributed by atoms with Crippen molar-refractivity contribution in [2.75, 3.05) is 26.3 Å². The molecule has 0 spiro atoms. The second-order valence-corrected chi connectivity index (χ2v) is 3.37. The molecule has 1 aliphatic heterocycles. The van der Waals surface area contributed by atoms with Crippen LogP contribution in [0.3, 0.4) is 0 Å². The third-order valence-electron chi connectivity index (χ3n) is 1.97. The third-order valence-corrected chi connectivity index (χ3v) is 2.35. The van der Waals surface area contributed by atoms with E-state index in [2.05, 4.69) is 23.1 Å². The van der Waals surface area contributed by atoms with Crippen molar-refractivity contribution in [3.63, 3.8) is 0 Å². The molecule has 1 N–H and O–H groups in total. The van der Waals surface area contributed by atoms with Gasteiger partial charge in [0.15, 0.2) is 5.11 Å². The molecule has 1 rings (SSSR count). The zero-order valence-corrected chi connectivity index (χ0v) is 8.56. The van der Waals surface area contributed by atoms with Gasteiger partial charge in [0.25, 0.3) is 0 Å². The minimum atomic E-state index is 0.339. The van der Waals surface area contributed by atoms with Gasteiger partial charge in [-0.25, -0.2) is 0 Å². The molecule has 1 fully saturated rings. The van der Waals surface area contributed by atoms with Gasteiger partial charge in [-0.15, -0.1) is 6.42 Å². The Morgan fingerprint density at radius 3 is 3.23 bits per heavy atom. The summed E-state index contributed by atoms with van der Waals surface area (Å²) >= 11 is 5.18. The van der Waals surface area contributed by atoms with Gasteiger partial charge in [0.05, 0.1) is 25.8 Å². The summed E-state index contributed by atoms with van der Waals surface area (Å²) < 4.78 is 5.30.